The van der Waals surface area contributed by atoms with Gasteiger partial charge in [0.25, 0.3) is 5.91 Å². The zero-order chi connectivity index (χ0) is 17.9. The summed E-state index contributed by atoms with van der Waals surface area (Å²) in [5.41, 5.74) is 0.949. The lowest BCUT2D eigenvalue weighted by Crippen LogP contribution is -2.26. The first kappa shape index (κ1) is 16.7. The maximum absolute atomic E-state index is 12.1. The van der Waals surface area contributed by atoms with E-state index < -0.39 is 12.3 Å². The van der Waals surface area contributed by atoms with Gasteiger partial charge < -0.3 is 10.1 Å². The van der Waals surface area contributed by atoms with E-state index in [0.717, 1.165) is 12.1 Å². The maximum Gasteiger partial charge on any atom is 0.573 e. The van der Waals surface area contributed by atoms with Crippen molar-refractivity contribution in [1.82, 2.24) is 19.9 Å². The van der Waals surface area contributed by atoms with Crippen LogP contribution in [0.5, 0.6) is 5.75 Å². The van der Waals surface area contributed by atoms with Crippen LogP contribution in [0.4, 0.5) is 13.2 Å². The number of benzene rings is 1. The monoisotopic (exact) mass is 350 g/mol. The molecule has 1 amide bonds. The number of amides is 1. The third kappa shape index (κ3) is 4.25. The minimum atomic E-state index is -4.76. The van der Waals surface area contributed by atoms with Crippen molar-refractivity contribution >= 4 is 11.6 Å². The molecule has 0 radical (unpaired) electrons. The fraction of sp³-hybridized carbons (Fsp3) is 0.188. The molecule has 3 aromatic rings. The molecular formula is C16H13F3N4O2. The van der Waals surface area contributed by atoms with E-state index in [0.29, 0.717) is 24.4 Å². The average molecular weight is 350 g/mol. The number of nitrogens with zero attached hydrogens (tertiary/aromatic N) is 3. The van der Waals surface area contributed by atoms with Gasteiger partial charge in [-0.1, -0.05) is 6.07 Å². The second-order valence-electron chi connectivity index (χ2n) is 5.12. The largest absolute Gasteiger partial charge is 0.573 e. The fourth-order valence-corrected chi connectivity index (χ4v) is 2.26. The molecule has 130 valence electrons. The molecule has 0 bridgehead atoms. The van der Waals surface area contributed by atoms with E-state index in [1.165, 1.54) is 12.1 Å². The van der Waals surface area contributed by atoms with Gasteiger partial charge in [0.05, 0.1) is 0 Å². The summed E-state index contributed by atoms with van der Waals surface area (Å²) in [7, 11) is 0. The second kappa shape index (κ2) is 6.80. The van der Waals surface area contributed by atoms with Crippen LogP contribution in [0.15, 0.2) is 48.7 Å². The zero-order valence-corrected chi connectivity index (χ0v) is 12.8. The van der Waals surface area contributed by atoms with Crippen LogP contribution in [-0.2, 0) is 6.42 Å². The minimum absolute atomic E-state index is 0.237. The van der Waals surface area contributed by atoms with Crippen molar-refractivity contribution in [1.29, 1.82) is 0 Å². The van der Waals surface area contributed by atoms with Crippen LogP contribution in [0.25, 0.3) is 5.65 Å². The van der Waals surface area contributed by atoms with Crippen LogP contribution in [-0.4, -0.2) is 33.4 Å². The number of hydrogen-bond donors (Lipinski definition) is 1. The molecule has 0 aliphatic rings. The quantitative estimate of drug-likeness (QED) is 0.768. The Hall–Kier alpha value is -3.10. The Bertz CT molecular complexity index is 875. The van der Waals surface area contributed by atoms with Gasteiger partial charge in [-0.05, 0) is 36.4 Å². The molecule has 2 heterocycles. The number of rotatable bonds is 5. The van der Waals surface area contributed by atoms with Gasteiger partial charge in [0.15, 0.2) is 5.65 Å². The Morgan fingerprint density at radius 1 is 1.12 bits per heavy atom. The third-order valence-electron chi connectivity index (χ3n) is 3.37. The standard InChI is InChI=1S/C16H13F3N4O2/c17-16(18,19)25-12-6-4-11(5-7-12)15(24)20-9-8-14-22-21-13-3-1-2-10-23(13)14/h1-7,10H,8-9H2,(H,20,24). The van der Waals surface area contributed by atoms with E-state index in [-0.39, 0.29) is 11.3 Å². The first-order valence-corrected chi connectivity index (χ1v) is 7.35. The number of hydrogen-bond acceptors (Lipinski definition) is 4. The van der Waals surface area contributed by atoms with Crippen molar-refractivity contribution in [2.75, 3.05) is 6.54 Å². The number of ether oxygens (including phenoxy) is 1. The van der Waals surface area contributed by atoms with Crippen LogP contribution < -0.4 is 10.1 Å². The summed E-state index contributed by atoms with van der Waals surface area (Å²) in [4.78, 5) is 12.0. The molecular weight excluding hydrogens is 337 g/mol. The number of carbonyl (C=O) groups excluding carboxylic acids is 1. The van der Waals surface area contributed by atoms with Crippen molar-refractivity contribution < 1.29 is 22.7 Å². The molecule has 2 aromatic heterocycles. The van der Waals surface area contributed by atoms with E-state index in [1.54, 1.807) is 0 Å². The molecule has 0 aliphatic heterocycles. The molecule has 0 unspecified atom stereocenters. The highest BCUT2D eigenvalue weighted by Crippen LogP contribution is 2.22. The van der Waals surface area contributed by atoms with Gasteiger partial charge in [0, 0.05) is 24.7 Å². The van der Waals surface area contributed by atoms with E-state index in [1.807, 2.05) is 28.8 Å². The van der Waals surface area contributed by atoms with Crippen molar-refractivity contribution in [2.45, 2.75) is 12.8 Å². The number of carbonyl (C=O) groups is 1. The minimum Gasteiger partial charge on any atom is -0.406 e. The molecule has 3 rings (SSSR count). The molecule has 0 fully saturated rings. The molecule has 6 nitrogen and oxygen atoms in total. The summed E-state index contributed by atoms with van der Waals surface area (Å²) in [6.07, 6.45) is -2.47. The van der Waals surface area contributed by atoms with Crippen molar-refractivity contribution in [3.05, 3.63) is 60.0 Å². The smallest absolute Gasteiger partial charge is 0.406 e. The first-order valence-electron chi connectivity index (χ1n) is 7.35. The highest BCUT2D eigenvalue weighted by atomic mass is 19.4. The first-order chi connectivity index (χ1) is 11.9. The van der Waals surface area contributed by atoms with Gasteiger partial charge in [-0.25, -0.2) is 0 Å². The highest BCUT2D eigenvalue weighted by Gasteiger charge is 2.31. The molecule has 0 atom stereocenters. The normalized spacial score (nSPS) is 11.5. The van der Waals surface area contributed by atoms with Gasteiger partial charge >= 0.3 is 6.36 Å². The summed E-state index contributed by atoms with van der Waals surface area (Å²) in [5.74, 6) is -0.0730. The Morgan fingerprint density at radius 2 is 1.88 bits per heavy atom. The van der Waals surface area contributed by atoms with Gasteiger partial charge in [0.2, 0.25) is 0 Å². The molecule has 9 heteroatoms. The number of fused-ring (bicyclic) bond motifs is 1. The summed E-state index contributed by atoms with van der Waals surface area (Å²) in [6.45, 7) is 0.315. The lowest BCUT2D eigenvalue weighted by molar-refractivity contribution is -0.274. The molecule has 1 N–H and O–H groups in total. The number of halogens is 3. The van der Waals surface area contributed by atoms with E-state index >= 15 is 0 Å². The molecule has 25 heavy (non-hydrogen) atoms. The molecule has 0 saturated carbocycles. The van der Waals surface area contributed by atoms with Crippen LogP contribution in [0.2, 0.25) is 0 Å². The van der Waals surface area contributed by atoms with Crippen LogP contribution in [0.1, 0.15) is 16.2 Å². The Kier molecular flexibility index (Phi) is 4.55. The Labute approximate surface area is 140 Å². The van der Waals surface area contributed by atoms with Crippen LogP contribution >= 0.6 is 0 Å². The van der Waals surface area contributed by atoms with Gasteiger partial charge in [0.1, 0.15) is 11.6 Å². The number of nitrogens with one attached hydrogen (secondary N) is 1. The maximum atomic E-state index is 12.1. The summed E-state index contributed by atoms with van der Waals surface area (Å²) >= 11 is 0. The Balaban J connectivity index is 1.55. The van der Waals surface area contributed by atoms with E-state index in [9.17, 15) is 18.0 Å². The number of pyridine rings is 1. The molecule has 0 spiro atoms. The summed E-state index contributed by atoms with van der Waals surface area (Å²) in [6, 6.07) is 10.2. The third-order valence-corrected chi connectivity index (χ3v) is 3.37. The molecule has 0 aliphatic carbocycles. The zero-order valence-electron chi connectivity index (χ0n) is 12.8. The molecule has 0 saturated heterocycles. The topological polar surface area (TPSA) is 68.5 Å². The van der Waals surface area contributed by atoms with Gasteiger partial charge in [-0.3, -0.25) is 9.20 Å². The lowest BCUT2D eigenvalue weighted by Gasteiger charge is -2.09. The summed E-state index contributed by atoms with van der Waals surface area (Å²) < 4.78 is 41.9. The van der Waals surface area contributed by atoms with Crippen LogP contribution in [0.3, 0.4) is 0 Å². The van der Waals surface area contributed by atoms with Crippen LogP contribution in [0, 0.1) is 0 Å². The number of alkyl halides is 3. The van der Waals surface area contributed by atoms with Crippen molar-refractivity contribution in [2.24, 2.45) is 0 Å². The van der Waals surface area contributed by atoms with Crippen molar-refractivity contribution in [3.8, 4) is 5.75 Å². The van der Waals surface area contributed by atoms with Gasteiger partial charge in [-0.2, -0.15) is 0 Å². The predicted octanol–water partition coefficient (Wildman–Crippen LogP) is 2.60. The SMILES string of the molecule is O=C(NCCc1nnc2ccccn12)c1ccc(OC(F)(F)F)cc1. The predicted molar refractivity (Wildman–Crippen MR) is 82.1 cm³/mol. The van der Waals surface area contributed by atoms with Gasteiger partial charge in [-0.15, -0.1) is 23.4 Å². The van der Waals surface area contributed by atoms with E-state index in [4.69, 9.17) is 0 Å². The van der Waals surface area contributed by atoms with Crippen molar-refractivity contribution in [3.63, 3.8) is 0 Å². The number of aromatic nitrogens is 3. The Morgan fingerprint density at radius 3 is 2.60 bits per heavy atom. The fourth-order valence-electron chi connectivity index (χ4n) is 2.26. The highest BCUT2D eigenvalue weighted by molar-refractivity contribution is 5.94. The van der Waals surface area contributed by atoms with E-state index in [2.05, 4.69) is 20.3 Å². The lowest BCUT2D eigenvalue weighted by atomic mass is 10.2. The second-order valence-corrected chi connectivity index (χ2v) is 5.12. The average Bonchev–Trinajstić information content (AvgIpc) is 2.97. The summed E-state index contributed by atoms with van der Waals surface area (Å²) in [5, 5.41) is 10.7. The molecule has 1 aromatic carbocycles.